The summed E-state index contributed by atoms with van der Waals surface area (Å²) >= 11 is 3.02. The van der Waals surface area contributed by atoms with E-state index in [-0.39, 0.29) is 6.61 Å². The van der Waals surface area contributed by atoms with Crippen molar-refractivity contribution in [1.82, 2.24) is 10.2 Å². The van der Waals surface area contributed by atoms with Crippen molar-refractivity contribution in [3.8, 4) is 10.8 Å². The Bertz CT molecular complexity index is 1350. The summed E-state index contributed by atoms with van der Waals surface area (Å²) < 4.78 is 11.9. The van der Waals surface area contributed by atoms with Gasteiger partial charge < -0.3 is 14.8 Å². The molecular formula is C31H27BrN2O5. The second-order valence-electron chi connectivity index (χ2n) is 8.92. The van der Waals surface area contributed by atoms with E-state index in [0.717, 1.165) is 11.1 Å². The van der Waals surface area contributed by atoms with Crippen LogP contribution in [0.4, 0.5) is 0 Å². The fourth-order valence-corrected chi connectivity index (χ4v) is 4.47. The monoisotopic (exact) mass is 586 g/mol. The number of hydrogen-bond donors (Lipinski definition) is 1. The molecule has 0 spiro atoms. The number of ether oxygens (including phenoxy) is 2. The van der Waals surface area contributed by atoms with Gasteiger partial charge in [-0.1, -0.05) is 91.4 Å². The van der Waals surface area contributed by atoms with Gasteiger partial charge in [0.05, 0.1) is 0 Å². The standard InChI is InChI=1S/C31H27BrN2O5/c1-21(2)26(31(37)39-27(22-13-6-3-7-14-22)23-15-8-4-9-16-23)34-29(36)25(30(34)38-20-12-19-32)33-28(35)24-17-10-5-11-18-24/h3-11,13-18,25-27,30H,1,20H2,2H3,(H,33,35). The summed E-state index contributed by atoms with van der Waals surface area (Å²) in [4.78, 5) is 43.7. The molecule has 0 bridgehead atoms. The Kier molecular flexibility index (Phi) is 9.31. The van der Waals surface area contributed by atoms with Gasteiger partial charge >= 0.3 is 5.97 Å². The molecule has 1 saturated heterocycles. The molecule has 0 saturated carbocycles. The number of amides is 2. The third-order valence-electron chi connectivity index (χ3n) is 6.20. The van der Waals surface area contributed by atoms with E-state index < -0.39 is 42.2 Å². The van der Waals surface area contributed by atoms with Crippen molar-refractivity contribution in [3.05, 3.63) is 120 Å². The number of nitrogens with one attached hydrogen (secondary N) is 1. The van der Waals surface area contributed by atoms with Crippen molar-refractivity contribution in [2.45, 2.75) is 31.3 Å². The fraction of sp³-hybridized carbons (Fsp3) is 0.194. The van der Waals surface area contributed by atoms with Gasteiger partial charge in [-0.2, -0.15) is 0 Å². The highest BCUT2D eigenvalue weighted by molar-refractivity contribution is 9.12. The Morgan fingerprint density at radius 2 is 1.51 bits per heavy atom. The van der Waals surface area contributed by atoms with Crippen LogP contribution in [0, 0.1) is 10.8 Å². The van der Waals surface area contributed by atoms with Crippen LogP contribution in [-0.4, -0.2) is 47.6 Å². The molecule has 1 aliphatic heterocycles. The quantitative estimate of drug-likeness (QED) is 0.162. The van der Waals surface area contributed by atoms with Gasteiger partial charge in [0.25, 0.3) is 11.8 Å². The molecule has 1 heterocycles. The Morgan fingerprint density at radius 1 is 0.974 bits per heavy atom. The molecule has 3 aromatic carbocycles. The van der Waals surface area contributed by atoms with Gasteiger partial charge in [-0.25, -0.2) is 4.79 Å². The molecule has 3 aromatic rings. The molecule has 39 heavy (non-hydrogen) atoms. The number of nitrogens with zero attached hydrogens (tertiary/aromatic N) is 1. The summed E-state index contributed by atoms with van der Waals surface area (Å²) in [5, 5.41) is 2.72. The van der Waals surface area contributed by atoms with Crippen LogP contribution >= 0.6 is 15.9 Å². The molecule has 1 N–H and O–H groups in total. The minimum absolute atomic E-state index is 0.0357. The highest BCUT2D eigenvalue weighted by atomic mass is 79.9. The number of rotatable bonds is 10. The second-order valence-corrected chi connectivity index (χ2v) is 9.32. The molecule has 198 valence electrons. The molecule has 8 heteroatoms. The van der Waals surface area contributed by atoms with Crippen LogP contribution in [0.5, 0.6) is 0 Å². The SMILES string of the molecule is C=C(C)C(C(=O)OC(c1ccccc1)c1ccccc1)N1C(=O)C(NC(=O)c2ccccc2)C1OCC#CBr. The summed E-state index contributed by atoms with van der Waals surface area (Å²) in [5.74, 6) is 1.13. The van der Waals surface area contributed by atoms with E-state index in [1.807, 2.05) is 60.7 Å². The average molecular weight is 587 g/mol. The Morgan fingerprint density at radius 3 is 2.03 bits per heavy atom. The average Bonchev–Trinajstić information content (AvgIpc) is 2.97. The number of likely N-dealkylation sites (tertiary alicyclic amines) is 1. The minimum atomic E-state index is -1.14. The van der Waals surface area contributed by atoms with Gasteiger partial charge in [0.2, 0.25) is 0 Å². The lowest BCUT2D eigenvalue weighted by Crippen LogP contribution is -2.75. The summed E-state index contributed by atoms with van der Waals surface area (Å²) in [6.07, 6.45) is -1.66. The number of hydrogen-bond acceptors (Lipinski definition) is 5. The maximum absolute atomic E-state index is 13.7. The van der Waals surface area contributed by atoms with Crippen molar-refractivity contribution in [2.24, 2.45) is 0 Å². The van der Waals surface area contributed by atoms with Gasteiger partial charge in [0, 0.05) is 21.5 Å². The molecular weight excluding hydrogens is 560 g/mol. The predicted molar refractivity (Wildman–Crippen MR) is 150 cm³/mol. The van der Waals surface area contributed by atoms with Crippen molar-refractivity contribution >= 4 is 33.7 Å². The first kappa shape index (κ1) is 27.8. The van der Waals surface area contributed by atoms with Gasteiger partial charge in [-0.05, 0) is 40.6 Å². The molecule has 0 radical (unpaired) electrons. The van der Waals surface area contributed by atoms with Gasteiger partial charge in [0.1, 0.15) is 6.61 Å². The molecule has 7 nitrogen and oxygen atoms in total. The Balaban J connectivity index is 1.59. The zero-order valence-corrected chi connectivity index (χ0v) is 22.8. The zero-order valence-electron chi connectivity index (χ0n) is 21.3. The minimum Gasteiger partial charge on any atom is -0.451 e. The van der Waals surface area contributed by atoms with Crippen LogP contribution in [0.1, 0.15) is 34.5 Å². The smallest absolute Gasteiger partial charge is 0.334 e. The third-order valence-corrected chi connectivity index (χ3v) is 6.48. The van der Waals surface area contributed by atoms with E-state index >= 15 is 0 Å². The third kappa shape index (κ3) is 6.45. The molecule has 1 fully saturated rings. The van der Waals surface area contributed by atoms with Crippen LogP contribution in [-0.2, 0) is 19.1 Å². The number of esters is 1. The summed E-state index contributed by atoms with van der Waals surface area (Å²) in [7, 11) is 0. The molecule has 3 unspecified atom stereocenters. The van der Waals surface area contributed by atoms with Gasteiger partial charge in [-0.15, -0.1) is 0 Å². The van der Waals surface area contributed by atoms with Gasteiger partial charge in [-0.3, -0.25) is 14.5 Å². The van der Waals surface area contributed by atoms with Gasteiger partial charge in [0.15, 0.2) is 24.4 Å². The predicted octanol–water partition coefficient (Wildman–Crippen LogP) is 4.60. The van der Waals surface area contributed by atoms with E-state index in [4.69, 9.17) is 9.47 Å². The van der Waals surface area contributed by atoms with Crippen molar-refractivity contribution in [1.29, 1.82) is 0 Å². The number of carbonyl (C=O) groups is 3. The Labute approximate surface area is 235 Å². The number of β-lactam (4-membered cyclic amide) rings is 1. The largest absolute Gasteiger partial charge is 0.451 e. The van der Waals surface area contributed by atoms with Crippen LogP contribution in [0.2, 0.25) is 0 Å². The Hall–Kier alpha value is -4.19. The van der Waals surface area contributed by atoms with E-state index in [1.54, 1.807) is 37.3 Å². The van der Waals surface area contributed by atoms with Crippen molar-refractivity contribution in [3.63, 3.8) is 0 Å². The van der Waals surface area contributed by atoms with Crippen LogP contribution in [0.15, 0.2) is 103 Å². The van der Waals surface area contributed by atoms with E-state index in [0.29, 0.717) is 11.1 Å². The number of benzene rings is 3. The lowest BCUT2D eigenvalue weighted by Gasteiger charge is -2.49. The van der Waals surface area contributed by atoms with Crippen LogP contribution in [0.3, 0.4) is 0 Å². The van der Waals surface area contributed by atoms with E-state index in [2.05, 4.69) is 38.6 Å². The first-order valence-corrected chi connectivity index (χ1v) is 13.1. The number of carbonyl (C=O) groups excluding carboxylic acids is 3. The van der Waals surface area contributed by atoms with Crippen molar-refractivity contribution in [2.75, 3.05) is 6.61 Å². The maximum atomic E-state index is 13.7. The second kappa shape index (κ2) is 13.1. The summed E-state index contributed by atoms with van der Waals surface area (Å²) in [5.41, 5.74) is 2.34. The number of halogens is 1. The molecule has 4 rings (SSSR count). The highest BCUT2D eigenvalue weighted by Gasteiger charge is 2.54. The summed E-state index contributed by atoms with van der Waals surface area (Å²) in [6, 6.07) is 25.1. The fourth-order valence-electron chi connectivity index (χ4n) is 4.36. The molecule has 2 amide bonds. The molecule has 0 aromatic heterocycles. The van der Waals surface area contributed by atoms with Crippen LogP contribution < -0.4 is 5.32 Å². The van der Waals surface area contributed by atoms with E-state index in [9.17, 15) is 14.4 Å². The normalized spacial score (nSPS) is 16.9. The highest BCUT2D eigenvalue weighted by Crippen LogP contribution is 2.32. The van der Waals surface area contributed by atoms with Crippen LogP contribution in [0.25, 0.3) is 0 Å². The van der Waals surface area contributed by atoms with E-state index in [1.165, 1.54) is 4.90 Å². The molecule has 0 aliphatic carbocycles. The first-order chi connectivity index (χ1) is 18.9. The molecule has 1 aliphatic rings. The maximum Gasteiger partial charge on any atom is 0.334 e. The lowest BCUT2D eigenvalue weighted by molar-refractivity contribution is -0.193. The topological polar surface area (TPSA) is 84.9 Å². The molecule has 3 atom stereocenters. The first-order valence-electron chi connectivity index (χ1n) is 12.3. The summed E-state index contributed by atoms with van der Waals surface area (Å²) in [6.45, 7) is 5.57. The zero-order chi connectivity index (χ0) is 27.8. The van der Waals surface area contributed by atoms with Crippen molar-refractivity contribution < 1.29 is 23.9 Å². The lowest BCUT2D eigenvalue weighted by atomic mass is 9.96.